The van der Waals surface area contributed by atoms with Crippen LogP contribution in [0, 0.1) is 0 Å². The van der Waals surface area contributed by atoms with Crippen LogP contribution in [0.5, 0.6) is 0 Å². The van der Waals surface area contributed by atoms with Crippen molar-refractivity contribution in [2.75, 3.05) is 12.3 Å². The fourth-order valence-corrected chi connectivity index (χ4v) is 1.30. The third-order valence-corrected chi connectivity index (χ3v) is 2.06. The minimum Gasteiger partial charge on any atom is -0.461 e. The zero-order valence-electron chi connectivity index (χ0n) is 9.24. The molecular weight excluding hydrogens is 232 g/mol. The van der Waals surface area contributed by atoms with Crippen molar-refractivity contribution in [3.63, 3.8) is 0 Å². The molecule has 0 saturated heterocycles. The number of hydrogen-bond acceptors (Lipinski definition) is 5. The van der Waals surface area contributed by atoms with Gasteiger partial charge < -0.3 is 16.2 Å². The molecule has 1 heterocycles. The Kier molecular flexibility index (Phi) is 4.33. The third-order valence-electron chi connectivity index (χ3n) is 2.06. The molecular formula is C10H13F2N3O2. The van der Waals surface area contributed by atoms with Gasteiger partial charge in [-0.1, -0.05) is 0 Å². The average Bonchev–Trinajstić information content (AvgIpc) is 2.28. The molecule has 94 valence electrons. The van der Waals surface area contributed by atoms with Crippen LogP contribution in [0.15, 0.2) is 6.07 Å². The summed E-state index contributed by atoms with van der Waals surface area (Å²) >= 11 is 0. The summed E-state index contributed by atoms with van der Waals surface area (Å²) in [6, 6.07) is 1.01. The number of rotatable bonds is 4. The lowest BCUT2D eigenvalue weighted by Crippen LogP contribution is -2.15. The van der Waals surface area contributed by atoms with Gasteiger partial charge in [0.1, 0.15) is 0 Å². The zero-order valence-corrected chi connectivity index (χ0v) is 9.24. The lowest BCUT2D eigenvalue weighted by atomic mass is 10.1. The first-order chi connectivity index (χ1) is 8.01. The lowest BCUT2D eigenvalue weighted by molar-refractivity contribution is 0.0520. The van der Waals surface area contributed by atoms with E-state index in [2.05, 4.69) is 4.98 Å². The van der Waals surface area contributed by atoms with Crippen LogP contribution in [0.1, 0.15) is 35.1 Å². The molecule has 0 aliphatic heterocycles. The van der Waals surface area contributed by atoms with E-state index >= 15 is 0 Å². The van der Waals surface area contributed by atoms with Gasteiger partial charge >= 0.3 is 5.97 Å². The van der Waals surface area contributed by atoms with Crippen molar-refractivity contribution in [3.8, 4) is 0 Å². The van der Waals surface area contributed by atoms with Gasteiger partial charge in [-0.25, -0.2) is 18.6 Å². The van der Waals surface area contributed by atoms with Crippen LogP contribution in [-0.4, -0.2) is 17.6 Å². The summed E-state index contributed by atoms with van der Waals surface area (Å²) in [5.74, 6) is -0.750. The lowest BCUT2D eigenvalue weighted by Gasteiger charge is -2.10. The second-order valence-electron chi connectivity index (χ2n) is 3.19. The number of pyridine rings is 1. The summed E-state index contributed by atoms with van der Waals surface area (Å²) in [6.45, 7) is 1.56. The highest BCUT2D eigenvalue weighted by molar-refractivity contribution is 5.93. The van der Waals surface area contributed by atoms with Crippen molar-refractivity contribution in [2.45, 2.75) is 19.9 Å². The molecule has 0 unspecified atom stereocenters. The molecule has 4 N–H and O–H groups in total. The molecule has 0 aliphatic carbocycles. The first-order valence-electron chi connectivity index (χ1n) is 4.95. The zero-order chi connectivity index (χ0) is 13.0. The normalized spacial score (nSPS) is 10.6. The molecule has 0 radical (unpaired) electrons. The fourth-order valence-electron chi connectivity index (χ4n) is 1.30. The van der Waals surface area contributed by atoms with Crippen LogP contribution in [0.4, 0.5) is 14.5 Å². The van der Waals surface area contributed by atoms with E-state index in [9.17, 15) is 13.6 Å². The minimum atomic E-state index is -2.74. The number of aromatic nitrogens is 1. The molecule has 17 heavy (non-hydrogen) atoms. The molecule has 5 nitrogen and oxygen atoms in total. The Balaban J connectivity index is 3.22. The van der Waals surface area contributed by atoms with E-state index in [0.717, 1.165) is 6.07 Å². The van der Waals surface area contributed by atoms with E-state index in [1.54, 1.807) is 6.92 Å². The first kappa shape index (κ1) is 13.3. The van der Waals surface area contributed by atoms with Gasteiger partial charge in [-0.2, -0.15) is 0 Å². The van der Waals surface area contributed by atoms with Gasteiger partial charge in [0.05, 0.1) is 18.0 Å². The number of ether oxygens (including phenoxy) is 1. The van der Waals surface area contributed by atoms with E-state index in [0.29, 0.717) is 0 Å². The molecule has 0 amide bonds. The topological polar surface area (TPSA) is 91.2 Å². The van der Waals surface area contributed by atoms with Gasteiger partial charge in [0.15, 0.2) is 5.69 Å². The van der Waals surface area contributed by atoms with Crippen molar-refractivity contribution in [1.82, 2.24) is 4.98 Å². The van der Waals surface area contributed by atoms with Crippen LogP contribution in [0.25, 0.3) is 0 Å². The highest BCUT2D eigenvalue weighted by Gasteiger charge is 2.20. The van der Waals surface area contributed by atoms with Crippen LogP contribution in [-0.2, 0) is 11.3 Å². The summed E-state index contributed by atoms with van der Waals surface area (Å²) < 4.78 is 29.9. The van der Waals surface area contributed by atoms with Crippen molar-refractivity contribution in [2.24, 2.45) is 5.73 Å². The molecule has 0 bridgehead atoms. The van der Waals surface area contributed by atoms with Crippen LogP contribution < -0.4 is 11.5 Å². The SMILES string of the molecule is CCOC(=O)c1nc(CN)c(C(F)F)cc1N. The summed E-state index contributed by atoms with van der Waals surface area (Å²) in [4.78, 5) is 15.1. The Morgan fingerprint density at radius 1 is 1.59 bits per heavy atom. The van der Waals surface area contributed by atoms with E-state index in [4.69, 9.17) is 16.2 Å². The highest BCUT2D eigenvalue weighted by atomic mass is 19.3. The van der Waals surface area contributed by atoms with E-state index < -0.39 is 12.4 Å². The molecule has 0 atom stereocenters. The largest absolute Gasteiger partial charge is 0.461 e. The molecule has 1 aromatic rings. The molecule has 0 spiro atoms. The number of nitrogen functional groups attached to an aromatic ring is 1. The Hall–Kier alpha value is -1.76. The van der Waals surface area contributed by atoms with E-state index in [1.165, 1.54) is 0 Å². The fraction of sp³-hybridized carbons (Fsp3) is 0.400. The Bertz CT molecular complexity index is 424. The average molecular weight is 245 g/mol. The predicted octanol–water partition coefficient (Wildman–Crippen LogP) is 1.24. The van der Waals surface area contributed by atoms with Crippen LogP contribution in [0.3, 0.4) is 0 Å². The van der Waals surface area contributed by atoms with Gasteiger partial charge in [0.25, 0.3) is 6.43 Å². The summed E-state index contributed by atoms with van der Waals surface area (Å²) in [6.07, 6.45) is -2.74. The number of halogens is 2. The van der Waals surface area contributed by atoms with E-state index in [1.807, 2.05) is 0 Å². The van der Waals surface area contributed by atoms with Crippen LogP contribution in [0.2, 0.25) is 0 Å². The molecule has 1 rings (SSSR count). The maximum Gasteiger partial charge on any atom is 0.359 e. The molecule has 0 saturated carbocycles. The Morgan fingerprint density at radius 3 is 2.71 bits per heavy atom. The Morgan fingerprint density at radius 2 is 2.24 bits per heavy atom. The summed E-state index contributed by atoms with van der Waals surface area (Å²) in [7, 11) is 0. The number of nitrogens with zero attached hydrogens (tertiary/aromatic N) is 1. The number of carbonyl (C=O) groups excluding carboxylic acids is 1. The number of carbonyl (C=O) groups is 1. The smallest absolute Gasteiger partial charge is 0.359 e. The van der Waals surface area contributed by atoms with Crippen LogP contribution >= 0.6 is 0 Å². The molecule has 0 aromatic carbocycles. The second-order valence-corrected chi connectivity index (χ2v) is 3.19. The standard InChI is InChI=1S/C10H13F2N3O2/c1-2-17-10(16)8-6(14)3-5(9(11)12)7(4-13)15-8/h3,9H,2,4,13-14H2,1H3. The monoisotopic (exact) mass is 245 g/mol. The van der Waals surface area contributed by atoms with Crippen molar-refractivity contribution < 1.29 is 18.3 Å². The molecule has 7 heteroatoms. The number of esters is 1. The molecule has 0 fully saturated rings. The quantitative estimate of drug-likeness (QED) is 0.778. The first-order valence-corrected chi connectivity index (χ1v) is 4.95. The van der Waals surface area contributed by atoms with Gasteiger partial charge in [0.2, 0.25) is 0 Å². The Labute approximate surface area is 96.8 Å². The molecule has 1 aromatic heterocycles. The van der Waals surface area contributed by atoms with Crippen molar-refractivity contribution in [1.29, 1.82) is 0 Å². The highest BCUT2D eigenvalue weighted by Crippen LogP contribution is 2.25. The van der Waals surface area contributed by atoms with Crippen molar-refractivity contribution in [3.05, 3.63) is 23.0 Å². The van der Waals surface area contributed by atoms with Crippen molar-refractivity contribution >= 4 is 11.7 Å². The summed E-state index contributed by atoms with van der Waals surface area (Å²) in [5.41, 5.74) is 10.0. The number of alkyl halides is 2. The second kappa shape index (κ2) is 5.53. The van der Waals surface area contributed by atoms with Gasteiger partial charge in [-0.05, 0) is 13.0 Å². The summed E-state index contributed by atoms with van der Waals surface area (Å²) in [5, 5.41) is 0. The van der Waals surface area contributed by atoms with Gasteiger partial charge in [0, 0.05) is 12.1 Å². The van der Waals surface area contributed by atoms with E-state index in [-0.39, 0.29) is 35.8 Å². The molecule has 0 aliphatic rings. The third kappa shape index (κ3) is 2.88. The minimum absolute atomic E-state index is 0.0581. The number of hydrogen-bond donors (Lipinski definition) is 2. The van der Waals surface area contributed by atoms with Gasteiger partial charge in [-0.15, -0.1) is 0 Å². The maximum atomic E-state index is 12.6. The maximum absolute atomic E-state index is 12.6. The predicted molar refractivity (Wildman–Crippen MR) is 57.5 cm³/mol. The number of anilines is 1. The van der Waals surface area contributed by atoms with Gasteiger partial charge in [-0.3, -0.25) is 0 Å². The number of nitrogens with two attached hydrogens (primary N) is 2.